The van der Waals surface area contributed by atoms with E-state index in [4.69, 9.17) is 14.5 Å². The Morgan fingerprint density at radius 2 is 1.76 bits per heavy atom. The molecular formula is C44H55N5O9S. The second kappa shape index (κ2) is 16.1. The summed E-state index contributed by atoms with van der Waals surface area (Å²) in [6.07, 6.45) is 4.77. The van der Waals surface area contributed by atoms with Crippen LogP contribution < -0.4 is 19.5 Å². The lowest BCUT2D eigenvalue weighted by Crippen LogP contribution is -2.62. The van der Waals surface area contributed by atoms with E-state index in [0.29, 0.717) is 42.5 Å². The zero-order chi connectivity index (χ0) is 42.4. The molecule has 2 saturated carbocycles. The van der Waals surface area contributed by atoms with Crippen LogP contribution in [0.5, 0.6) is 11.6 Å². The number of allylic oxidation sites excluding steroid dienone is 1. The summed E-state index contributed by atoms with van der Waals surface area (Å²) < 4.78 is 40.4. The van der Waals surface area contributed by atoms with Gasteiger partial charge < -0.3 is 24.8 Å². The average Bonchev–Trinajstić information content (AvgIpc) is 4.11. The number of aromatic nitrogens is 1. The Morgan fingerprint density at radius 3 is 2.42 bits per heavy atom. The summed E-state index contributed by atoms with van der Waals surface area (Å²) >= 11 is 0. The van der Waals surface area contributed by atoms with Gasteiger partial charge >= 0.3 is 6.09 Å². The summed E-state index contributed by atoms with van der Waals surface area (Å²) in [5.41, 5.74) is -1.06. The first-order valence-electron chi connectivity index (χ1n) is 20.5. The summed E-state index contributed by atoms with van der Waals surface area (Å²) in [5, 5.41) is 14.4. The van der Waals surface area contributed by atoms with Crippen molar-refractivity contribution in [3.05, 3.63) is 66.7 Å². The van der Waals surface area contributed by atoms with E-state index in [1.165, 1.54) is 9.80 Å². The normalized spacial score (nSPS) is 28.3. The molecule has 1 aromatic heterocycles. The fourth-order valence-corrected chi connectivity index (χ4v) is 10.2. The molecule has 7 atom stereocenters. The number of hydrogen-bond donors (Lipinski definition) is 3. The summed E-state index contributed by atoms with van der Waals surface area (Å²) in [6, 6.07) is 14.7. The Balaban J connectivity index is 1.29. The van der Waals surface area contributed by atoms with Gasteiger partial charge in [-0.2, -0.15) is 0 Å². The largest absolute Gasteiger partial charge is 0.497 e. The standard InChI is InChI=1S/C44H55N5O9S/c1-26-12-10-11-15-30-24-44(30,41(52)47-59(55,56)33-17-18-33)46-38(50)36-23-32(25-48(36)40(51)37(27(2)20-26)49(42(53)54)43(3,4)5)58-39-34-19-16-31(57-6)21-29(34)22-35(45-39)28-13-8-7-9-14-28/h7-9,11,13-16,19,21-22,26-27,30,32-33,36-37H,10,12,17-18,20,23-25H2,1-6H3,(H,46,50)(H,47,52)(H,53,54)/b15-11-/t26-,27+,30+,32+,36-,37-,44+/m0/s1. The minimum atomic E-state index is -3.93. The molecule has 0 spiro atoms. The fraction of sp³-hybridized carbons (Fsp3) is 0.523. The first-order chi connectivity index (χ1) is 27.9. The second-order valence-corrected chi connectivity index (χ2v) is 19.7. The number of rotatable bonds is 8. The number of pyridine rings is 1. The molecule has 0 radical (unpaired) electrons. The lowest BCUT2D eigenvalue weighted by molar-refractivity contribution is -0.146. The Labute approximate surface area is 345 Å². The zero-order valence-corrected chi connectivity index (χ0v) is 35.3. The van der Waals surface area contributed by atoms with Crippen molar-refractivity contribution in [1.82, 2.24) is 24.8 Å². The van der Waals surface area contributed by atoms with Gasteiger partial charge in [-0.3, -0.25) is 24.0 Å². The highest BCUT2D eigenvalue weighted by Gasteiger charge is 2.62. The molecule has 7 rings (SSSR count). The highest BCUT2D eigenvalue weighted by molar-refractivity contribution is 7.91. The SMILES string of the molecule is COc1ccc2c(O[C@@H]3C[C@H]4C(=O)N[C@]5(C(=O)NS(=O)(=O)C6CC6)C[C@H]5/C=C\CC[C@H](C)C[C@@H](C)[C@H](N(C(=O)O)C(C)(C)C)C(=O)N4C3)nc(-c3ccccc3)cc2c1. The quantitative estimate of drug-likeness (QED) is 0.231. The predicted molar refractivity (Wildman–Crippen MR) is 222 cm³/mol. The third-order valence-electron chi connectivity index (χ3n) is 12.1. The molecule has 4 amide bonds. The van der Waals surface area contributed by atoms with Crippen molar-refractivity contribution in [2.75, 3.05) is 13.7 Å². The van der Waals surface area contributed by atoms with Gasteiger partial charge in [0.15, 0.2) is 0 Å². The fourth-order valence-electron chi connectivity index (χ4n) is 8.80. The van der Waals surface area contributed by atoms with Gasteiger partial charge in [0.2, 0.25) is 27.7 Å². The summed E-state index contributed by atoms with van der Waals surface area (Å²) in [4.78, 5) is 64.4. The molecule has 3 aromatic rings. The highest BCUT2D eigenvalue weighted by Crippen LogP contribution is 2.46. The molecule has 15 heteroatoms. The van der Waals surface area contributed by atoms with Gasteiger partial charge in [0.05, 0.1) is 24.6 Å². The van der Waals surface area contributed by atoms with Crippen molar-refractivity contribution in [3.8, 4) is 22.9 Å². The molecule has 1 saturated heterocycles. The van der Waals surface area contributed by atoms with E-state index in [-0.39, 0.29) is 31.2 Å². The third-order valence-corrected chi connectivity index (χ3v) is 14.0. The third kappa shape index (κ3) is 8.76. The van der Waals surface area contributed by atoms with Crippen molar-refractivity contribution in [3.63, 3.8) is 0 Å². The molecule has 59 heavy (non-hydrogen) atoms. The van der Waals surface area contributed by atoms with E-state index in [9.17, 15) is 27.9 Å². The molecule has 2 aliphatic carbocycles. The summed E-state index contributed by atoms with van der Waals surface area (Å²) in [7, 11) is -2.35. The van der Waals surface area contributed by atoms with E-state index >= 15 is 4.79 Å². The molecule has 14 nitrogen and oxygen atoms in total. The van der Waals surface area contributed by atoms with Crippen molar-refractivity contribution < 1.29 is 42.2 Å². The van der Waals surface area contributed by atoms with Crippen LogP contribution in [0.3, 0.4) is 0 Å². The Bertz CT molecular complexity index is 2260. The van der Waals surface area contributed by atoms with E-state index in [0.717, 1.165) is 17.4 Å². The van der Waals surface area contributed by atoms with Gasteiger partial charge in [-0.1, -0.05) is 56.3 Å². The van der Waals surface area contributed by atoms with Gasteiger partial charge in [-0.25, -0.2) is 18.2 Å². The van der Waals surface area contributed by atoms with Crippen molar-refractivity contribution in [1.29, 1.82) is 0 Å². The number of sulfonamides is 1. The molecule has 4 aliphatic rings. The van der Waals surface area contributed by atoms with Crippen molar-refractivity contribution in [2.45, 2.75) is 114 Å². The average molecular weight is 830 g/mol. The van der Waals surface area contributed by atoms with Crippen molar-refractivity contribution >= 4 is 44.6 Å². The van der Waals surface area contributed by atoms with Gasteiger partial charge in [0.1, 0.15) is 29.5 Å². The smallest absolute Gasteiger partial charge is 0.408 e. The number of fused-ring (bicyclic) bond motifs is 3. The van der Waals surface area contributed by atoms with Gasteiger partial charge in [0, 0.05) is 28.8 Å². The maximum absolute atomic E-state index is 15.2. The number of methoxy groups -OCH3 is 1. The predicted octanol–water partition coefficient (Wildman–Crippen LogP) is 5.90. The van der Waals surface area contributed by atoms with E-state index < -0.39 is 80.2 Å². The number of hydrogen-bond acceptors (Lipinski definition) is 9. The molecule has 2 aliphatic heterocycles. The minimum absolute atomic E-state index is 0.00879. The molecule has 0 unspecified atom stereocenters. The first-order valence-corrected chi connectivity index (χ1v) is 22.0. The molecule has 3 N–H and O–H groups in total. The molecule has 0 bridgehead atoms. The Kier molecular flexibility index (Phi) is 11.5. The number of nitrogens with one attached hydrogen (secondary N) is 2. The van der Waals surface area contributed by atoms with Crippen LogP contribution in [-0.4, -0.2) is 100 Å². The van der Waals surface area contributed by atoms with Crippen LogP contribution in [-0.2, 0) is 24.4 Å². The Morgan fingerprint density at radius 1 is 1.03 bits per heavy atom. The van der Waals surface area contributed by atoms with E-state index in [2.05, 4.69) is 17.0 Å². The number of benzene rings is 2. The van der Waals surface area contributed by atoms with E-state index in [1.807, 2.05) is 67.6 Å². The zero-order valence-electron chi connectivity index (χ0n) is 34.5. The summed E-state index contributed by atoms with van der Waals surface area (Å²) in [6.45, 7) is 9.07. The van der Waals surface area contributed by atoms with Crippen LogP contribution in [0.15, 0.2) is 66.7 Å². The number of carbonyl (C=O) groups excluding carboxylic acids is 3. The topological polar surface area (TPSA) is 185 Å². The molecule has 3 fully saturated rings. The van der Waals surface area contributed by atoms with Crippen molar-refractivity contribution in [2.24, 2.45) is 17.8 Å². The Hall–Kier alpha value is -5.18. The maximum atomic E-state index is 15.2. The number of nitrogens with zero attached hydrogens (tertiary/aromatic N) is 3. The van der Waals surface area contributed by atoms with Crippen LogP contribution >= 0.6 is 0 Å². The van der Waals surface area contributed by atoms with Gasteiger partial charge in [0.25, 0.3) is 5.91 Å². The lowest BCUT2D eigenvalue weighted by Gasteiger charge is -2.43. The first kappa shape index (κ1) is 42.0. The van der Waals surface area contributed by atoms with Crippen LogP contribution in [0.2, 0.25) is 0 Å². The van der Waals surface area contributed by atoms with Crippen LogP contribution in [0, 0.1) is 17.8 Å². The summed E-state index contributed by atoms with van der Waals surface area (Å²) in [5.74, 6) is -1.92. The minimum Gasteiger partial charge on any atom is -0.497 e. The van der Waals surface area contributed by atoms with Gasteiger partial charge in [-0.05, 0) is 101 Å². The molecule has 3 heterocycles. The highest BCUT2D eigenvalue weighted by atomic mass is 32.2. The number of carboxylic acid groups (broad SMARTS) is 1. The maximum Gasteiger partial charge on any atom is 0.408 e. The van der Waals surface area contributed by atoms with Crippen LogP contribution in [0.25, 0.3) is 22.0 Å². The number of ether oxygens (including phenoxy) is 2. The molecule has 316 valence electrons. The van der Waals surface area contributed by atoms with E-state index in [1.54, 1.807) is 33.9 Å². The monoisotopic (exact) mass is 829 g/mol. The number of carbonyl (C=O) groups is 4. The second-order valence-electron chi connectivity index (χ2n) is 17.8. The van der Waals surface area contributed by atoms with Crippen LogP contribution in [0.4, 0.5) is 4.79 Å². The molecule has 2 aromatic carbocycles. The van der Waals surface area contributed by atoms with Crippen LogP contribution in [0.1, 0.15) is 79.6 Å². The number of amides is 4. The molecular weight excluding hydrogens is 775 g/mol. The van der Waals surface area contributed by atoms with Gasteiger partial charge in [-0.15, -0.1) is 0 Å². The lowest BCUT2D eigenvalue weighted by atomic mass is 9.85.